The number of esters is 1. The molecule has 0 saturated carbocycles. The molecule has 6 heteroatoms. The minimum Gasteiger partial charge on any atom is -0.465 e. The van der Waals surface area contributed by atoms with E-state index >= 15 is 0 Å². The molecule has 0 bridgehead atoms. The van der Waals surface area contributed by atoms with E-state index in [0.29, 0.717) is 27.9 Å². The summed E-state index contributed by atoms with van der Waals surface area (Å²) in [6.07, 6.45) is 1.93. The molecule has 4 rings (SSSR count). The third-order valence-electron chi connectivity index (χ3n) is 4.83. The molecule has 1 heterocycles. The molecule has 3 aromatic rings. The topological polar surface area (TPSA) is 59.0 Å². The number of rotatable bonds is 4. The van der Waals surface area contributed by atoms with Gasteiger partial charge in [0.05, 0.1) is 23.3 Å². The van der Waals surface area contributed by atoms with Crippen molar-refractivity contribution in [1.82, 2.24) is 4.90 Å². The Morgan fingerprint density at radius 1 is 1.07 bits per heavy atom. The van der Waals surface area contributed by atoms with E-state index in [2.05, 4.69) is 23.2 Å². The van der Waals surface area contributed by atoms with E-state index < -0.39 is 5.97 Å². The number of amidine groups is 1. The van der Waals surface area contributed by atoms with Gasteiger partial charge < -0.3 is 4.74 Å². The summed E-state index contributed by atoms with van der Waals surface area (Å²) in [5, 5.41) is 2.86. The Kier molecular flexibility index (Phi) is 5.68. The molecule has 30 heavy (non-hydrogen) atoms. The molecule has 150 valence electrons. The van der Waals surface area contributed by atoms with Gasteiger partial charge >= 0.3 is 5.97 Å². The van der Waals surface area contributed by atoms with Gasteiger partial charge in [-0.25, -0.2) is 9.79 Å². The van der Waals surface area contributed by atoms with Gasteiger partial charge in [0.25, 0.3) is 5.91 Å². The molecule has 0 N–H and O–H groups in total. The van der Waals surface area contributed by atoms with Crippen LogP contribution in [0.4, 0.5) is 5.69 Å². The highest BCUT2D eigenvalue weighted by atomic mass is 32.2. The van der Waals surface area contributed by atoms with Crippen molar-refractivity contribution < 1.29 is 14.3 Å². The van der Waals surface area contributed by atoms with Crippen LogP contribution in [0.2, 0.25) is 0 Å². The lowest BCUT2D eigenvalue weighted by Gasteiger charge is -2.12. The zero-order valence-electron chi connectivity index (χ0n) is 16.7. The molecule has 0 radical (unpaired) electrons. The van der Waals surface area contributed by atoms with E-state index in [1.807, 2.05) is 37.3 Å². The normalized spacial score (nSPS) is 16.6. The average molecular weight is 417 g/mol. The largest absolute Gasteiger partial charge is 0.465 e. The van der Waals surface area contributed by atoms with Crippen LogP contribution in [0, 0.1) is 0 Å². The summed E-state index contributed by atoms with van der Waals surface area (Å²) in [5.41, 5.74) is 2.13. The summed E-state index contributed by atoms with van der Waals surface area (Å²) >= 11 is 1.36. The van der Waals surface area contributed by atoms with Crippen LogP contribution in [-0.2, 0) is 9.53 Å². The molecule has 1 aliphatic heterocycles. The number of methoxy groups -OCH3 is 1. The molecule has 0 unspecified atom stereocenters. The number of thioether (sulfide) groups is 1. The summed E-state index contributed by atoms with van der Waals surface area (Å²) in [7, 11) is 1.35. The monoisotopic (exact) mass is 416 g/mol. The first-order valence-electron chi connectivity index (χ1n) is 9.57. The lowest BCUT2D eigenvalue weighted by atomic mass is 10.0. The molecule has 0 aliphatic carbocycles. The molecule has 1 saturated heterocycles. The first kappa shape index (κ1) is 19.9. The Morgan fingerprint density at radius 2 is 1.80 bits per heavy atom. The zero-order chi connectivity index (χ0) is 21.1. The zero-order valence-corrected chi connectivity index (χ0v) is 17.5. The third kappa shape index (κ3) is 3.86. The van der Waals surface area contributed by atoms with E-state index in [1.165, 1.54) is 18.9 Å². The number of hydrogen-bond acceptors (Lipinski definition) is 5. The van der Waals surface area contributed by atoms with Gasteiger partial charge in [-0.15, -0.1) is 0 Å². The van der Waals surface area contributed by atoms with Gasteiger partial charge in [-0.3, -0.25) is 9.69 Å². The van der Waals surface area contributed by atoms with Crippen LogP contribution < -0.4 is 0 Å². The number of fused-ring (bicyclic) bond motifs is 1. The Morgan fingerprint density at radius 3 is 2.53 bits per heavy atom. The highest BCUT2D eigenvalue weighted by Gasteiger charge is 2.32. The molecule has 5 nitrogen and oxygen atoms in total. The Bertz CT molecular complexity index is 1180. The molecule has 3 aromatic carbocycles. The smallest absolute Gasteiger partial charge is 0.337 e. The second-order valence-electron chi connectivity index (χ2n) is 6.66. The van der Waals surface area contributed by atoms with Crippen molar-refractivity contribution in [2.45, 2.75) is 6.92 Å². The summed E-state index contributed by atoms with van der Waals surface area (Å²) in [6, 6.07) is 21.0. The first-order valence-corrected chi connectivity index (χ1v) is 10.4. The number of amides is 1. The van der Waals surface area contributed by atoms with Gasteiger partial charge in [-0.05, 0) is 65.4 Å². The molecular formula is C24H20N2O3S. The maximum Gasteiger partial charge on any atom is 0.337 e. The lowest BCUT2D eigenvalue weighted by molar-refractivity contribution is -0.122. The van der Waals surface area contributed by atoms with E-state index in [4.69, 9.17) is 4.74 Å². The lowest BCUT2D eigenvalue weighted by Crippen LogP contribution is -2.28. The van der Waals surface area contributed by atoms with Gasteiger partial charge in [-0.1, -0.05) is 42.5 Å². The molecule has 1 amide bonds. The molecule has 0 spiro atoms. The number of nitrogens with zero attached hydrogens (tertiary/aromatic N) is 2. The van der Waals surface area contributed by atoms with E-state index in [0.717, 1.165) is 16.3 Å². The number of carbonyl (C=O) groups is 2. The molecular weight excluding hydrogens is 396 g/mol. The molecule has 1 aliphatic rings. The van der Waals surface area contributed by atoms with Gasteiger partial charge in [0.1, 0.15) is 0 Å². The Hall–Kier alpha value is -3.38. The molecule has 0 atom stereocenters. The van der Waals surface area contributed by atoms with Crippen molar-refractivity contribution in [2.24, 2.45) is 4.99 Å². The molecule has 1 fully saturated rings. The minimum atomic E-state index is -0.393. The van der Waals surface area contributed by atoms with Crippen molar-refractivity contribution in [1.29, 1.82) is 0 Å². The Balaban J connectivity index is 1.67. The summed E-state index contributed by atoms with van der Waals surface area (Å²) < 4.78 is 4.72. The fraction of sp³-hybridized carbons (Fsp3) is 0.125. The highest BCUT2D eigenvalue weighted by Crippen LogP contribution is 2.35. The van der Waals surface area contributed by atoms with E-state index in [9.17, 15) is 9.59 Å². The SMILES string of the molecule is CCN1C(=O)/C(=C\c2cccc3ccccc23)SC1=Nc1ccc(C(=O)OC)cc1. The van der Waals surface area contributed by atoms with Crippen molar-refractivity contribution >= 4 is 51.3 Å². The van der Waals surface area contributed by atoms with Crippen molar-refractivity contribution in [3.63, 3.8) is 0 Å². The van der Waals surface area contributed by atoms with Crippen molar-refractivity contribution in [2.75, 3.05) is 13.7 Å². The fourth-order valence-electron chi connectivity index (χ4n) is 3.29. The number of benzene rings is 3. The quantitative estimate of drug-likeness (QED) is 0.430. The predicted octanol–water partition coefficient (Wildman–Crippen LogP) is 5.25. The van der Waals surface area contributed by atoms with Crippen LogP contribution in [-0.4, -0.2) is 35.6 Å². The summed E-state index contributed by atoms with van der Waals surface area (Å²) in [4.78, 5) is 31.5. The van der Waals surface area contributed by atoms with Crippen LogP contribution in [0.1, 0.15) is 22.8 Å². The van der Waals surface area contributed by atoms with Crippen LogP contribution in [0.15, 0.2) is 76.6 Å². The van der Waals surface area contributed by atoms with E-state index in [-0.39, 0.29) is 5.91 Å². The predicted molar refractivity (Wildman–Crippen MR) is 122 cm³/mol. The van der Waals surface area contributed by atoms with Gasteiger partial charge in [0.2, 0.25) is 0 Å². The van der Waals surface area contributed by atoms with Crippen LogP contribution in [0.25, 0.3) is 16.8 Å². The second-order valence-corrected chi connectivity index (χ2v) is 7.67. The third-order valence-corrected chi connectivity index (χ3v) is 5.83. The average Bonchev–Trinajstić information content (AvgIpc) is 3.07. The Labute approximate surface area is 179 Å². The standard InChI is InChI=1S/C24H20N2O3S/c1-3-26-22(27)21(15-18-9-6-8-16-7-4-5-10-20(16)18)30-24(26)25-19-13-11-17(12-14-19)23(28)29-2/h4-15H,3H2,1-2H3/b21-15+,25-24?. The number of aliphatic imine (C=N–C) groups is 1. The second kappa shape index (κ2) is 8.55. The maximum atomic E-state index is 13.0. The van der Waals surface area contributed by atoms with Gasteiger partial charge in [-0.2, -0.15) is 0 Å². The molecule has 0 aromatic heterocycles. The van der Waals surface area contributed by atoms with Crippen molar-refractivity contribution in [3.05, 3.63) is 82.8 Å². The van der Waals surface area contributed by atoms with Crippen LogP contribution in [0.3, 0.4) is 0 Å². The van der Waals surface area contributed by atoms with Crippen molar-refractivity contribution in [3.8, 4) is 0 Å². The first-order chi connectivity index (χ1) is 14.6. The number of likely N-dealkylation sites (N-methyl/N-ethyl adjacent to an activating group) is 1. The summed E-state index contributed by atoms with van der Waals surface area (Å²) in [6.45, 7) is 2.45. The maximum absolute atomic E-state index is 13.0. The highest BCUT2D eigenvalue weighted by molar-refractivity contribution is 8.18. The van der Waals surface area contributed by atoms with Crippen LogP contribution in [0.5, 0.6) is 0 Å². The van der Waals surface area contributed by atoms with Gasteiger partial charge in [0, 0.05) is 6.54 Å². The number of ether oxygens (including phenoxy) is 1. The van der Waals surface area contributed by atoms with E-state index in [1.54, 1.807) is 29.2 Å². The fourth-order valence-corrected chi connectivity index (χ4v) is 4.34. The van der Waals surface area contributed by atoms with Crippen LogP contribution >= 0.6 is 11.8 Å². The summed E-state index contributed by atoms with van der Waals surface area (Å²) in [5.74, 6) is -0.449. The number of carbonyl (C=O) groups excluding carboxylic acids is 2. The number of hydrogen-bond donors (Lipinski definition) is 0. The van der Waals surface area contributed by atoms with Gasteiger partial charge in [0.15, 0.2) is 5.17 Å². The minimum absolute atomic E-state index is 0.0552.